The number of nitrogens with one attached hydrogen (secondary N) is 2. The lowest BCUT2D eigenvalue weighted by molar-refractivity contribution is -0.183. The molecule has 11 nitrogen and oxygen atoms in total. The smallest absolute Gasteiger partial charge is 0.373 e. The zero-order chi connectivity index (χ0) is 34.5. The second-order valence-electron chi connectivity index (χ2n) is 12.8. The van der Waals surface area contributed by atoms with Gasteiger partial charge in [-0.25, -0.2) is 18.3 Å². The molecule has 2 N–H and O–H groups in total. The number of allylic oxidation sites excluding steroid dienone is 1. The Hall–Kier alpha value is -3.40. The minimum absolute atomic E-state index is 0.0176. The van der Waals surface area contributed by atoms with E-state index in [1.807, 2.05) is 25.9 Å². The van der Waals surface area contributed by atoms with Crippen molar-refractivity contribution in [2.45, 2.75) is 63.6 Å². The highest BCUT2D eigenvalue weighted by molar-refractivity contribution is 5.80. The minimum Gasteiger partial charge on any atom is -0.373 e. The first-order valence-corrected chi connectivity index (χ1v) is 16.1. The van der Waals surface area contributed by atoms with Gasteiger partial charge in [0.25, 0.3) is 5.78 Å². The van der Waals surface area contributed by atoms with Crippen molar-refractivity contribution in [3.8, 4) is 0 Å². The summed E-state index contributed by atoms with van der Waals surface area (Å²) in [5.74, 6) is -4.74. The molecular formula is C31H46F5N9O2. The molecule has 0 bridgehead atoms. The number of fused-ring (bicyclic) bond motifs is 1. The Morgan fingerprint density at radius 2 is 1.87 bits per heavy atom. The van der Waals surface area contributed by atoms with Gasteiger partial charge in [-0.1, -0.05) is 6.58 Å². The molecular weight excluding hydrogens is 625 g/mol. The molecule has 3 fully saturated rings. The van der Waals surface area contributed by atoms with E-state index < -0.39 is 36.4 Å². The fraction of sp³-hybridized carbons (Fsp3) is 0.710. The SMILES string of the molecule is C=C(C=O)N(C)CC.CNC(c1cn2nc(C[C@H]3CC(C(F)(F)F)CNC3=O)c(N3CCN(C)CC3)nc2n1)C1CCC(F)(F)CC1. The maximum atomic E-state index is 13.8. The molecule has 1 aliphatic carbocycles. The Kier molecular flexibility index (Phi) is 11.8. The van der Waals surface area contributed by atoms with Crippen molar-refractivity contribution < 1.29 is 31.5 Å². The van der Waals surface area contributed by atoms with Gasteiger partial charge in [-0.05, 0) is 46.2 Å². The van der Waals surface area contributed by atoms with Crippen molar-refractivity contribution in [1.29, 1.82) is 0 Å². The minimum atomic E-state index is -4.40. The largest absolute Gasteiger partial charge is 0.393 e. The van der Waals surface area contributed by atoms with Crippen LogP contribution in [0.4, 0.5) is 27.8 Å². The number of likely N-dealkylation sites (N-methyl/N-ethyl adjacent to an activating group) is 2. The van der Waals surface area contributed by atoms with Crippen molar-refractivity contribution in [2.75, 3.05) is 65.3 Å². The van der Waals surface area contributed by atoms with Gasteiger partial charge in [-0.2, -0.15) is 23.3 Å². The predicted molar refractivity (Wildman–Crippen MR) is 167 cm³/mol. The van der Waals surface area contributed by atoms with E-state index in [0.717, 1.165) is 25.9 Å². The van der Waals surface area contributed by atoms with Gasteiger partial charge in [-0.3, -0.25) is 9.59 Å². The van der Waals surface area contributed by atoms with E-state index >= 15 is 0 Å². The van der Waals surface area contributed by atoms with Gasteiger partial charge in [0.15, 0.2) is 12.1 Å². The van der Waals surface area contributed by atoms with Gasteiger partial charge in [0.1, 0.15) is 5.69 Å². The number of nitrogens with zero attached hydrogens (tertiary/aromatic N) is 7. The van der Waals surface area contributed by atoms with E-state index in [0.29, 0.717) is 54.6 Å². The zero-order valence-corrected chi connectivity index (χ0v) is 27.5. The normalized spacial score (nSPS) is 23.1. The van der Waals surface area contributed by atoms with Crippen LogP contribution in [0.5, 0.6) is 0 Å². The van der Waals surface area contributed by atoms with Crippen LogP contribution in [0.2, 0.25) is 0 Å². The first-order chi connectivity index (χ1) is 22.1. The van der Waals surface area contributed by atoms with Gasteiger partial charge in [0, 0.05) is 71.5 Å². The Morgan fingerprint density at radius 3 is 2.43 bits per heavy atom. The fourth-order valence-corrected chi connectivity index (χ4v) is 6.29. The third-order valence-corrected chi connectivity index (χ3v) is 9.51. The van der Waals surface area contributed by atoms with Crippen LogP contribution in [-0.4, -0.2) is 114 Å². The number of aromatic nitrogens is 4. The van der Waals surface area contributed by atoms with Crippen LogP contribution in [0.3, 0.4) is 0 Å². The standard InChI is InChI=1S/C25H35F5N8O.C6H11NO/c1-31-20(15-3-5-24(26,27)6-4-15)19-14-38-23(33-19)34-21(37-9-7-36(2)8-10-37)18(35-38)12-16-11-17(25(28,29)30)13-32-22(16)39;1-4-7(3)6(2)5-8/h14-17,20,31H,3-13H2,1-2H3,(H,32,39);5H,2,4H2,1,3H3/t16-,17?,20?;/m1./s1. The van der Waals surface area contributed by atoms with Crippen LogP contribution in [0, 0.1) is 17.8 Å². The van der Waals surface area contributed by atoms with Crippen molar-refractivity contribution in [3.63, 3.8) is 0 Å². The van der Waals surface area contributed by atoms with Gasteiger partial charge in [0.2, 0.25) is 11.8 Å². The molecule has 0 aromatic carbocycles. The molecule has 3 aliphatic rings. The molecule has 0 spiro atoms. The third-order valence-electron chi connectivity index (χ3n) is 9.51. The molecule has 262 valence electrons. The molecule has 0 radical (unpaired) electrons. The Morgan fingerprint density at radius 1 is 1.21 bits per heavy atom. The van der Waals surface area contributed by atoms with Crippen LogP contribution in [0.25, 0.3) is 5.78 Å². The fourth-order valence-electron chi connectivity index (χ4n) is 6.29. The van der Waals surface area contributed by atoms with Crippen molar-refractivity contribution in [1.82, 2.24) is 40.0 Å². The van der Waals surface area contributed by atoms with E-state index in [1.165, 1.54) is 4.52 Å². The highest BCUT2D eigenvalue weighted by atomic mass is 19.4. The molecule has 3 atom stereocenters. The lowest BCUT2D eigenvalue weighted by Gasteiger charge is -2.34. The molecule has 2 unspecified atom stereocenters. The maximum absolute atomic E-state index is 13.8. The quantitative estimate of drug-likeness (QED) is 0.235. The van der Waals surface area contributed by atoms with E-state index in [1.54, 1.807) is 18.1 Å². The molecule has 1 saturated carbocycles. The first kappa shape index (κ1) is 36.4. The van der Waals surface area contributed by atoms with Gasteiger partial charge >= 0.3 is 6.18 Å². The van der Waals surface area contributed by atoms with Gasteiger partial charge in [0.05, 0.1) is 29.5 Å². The molecule has 2 aromatic heterocycles. The summed E-state index contributed by atoms with van der Waals surface area (Å²) in [6.45, 7) is 8.74. The van der Waals surface area contributed by atoms with Gasteiger partial charge < -0.3 is 25.3 Å². The number of aldehydes is 1. The van der Waals surface area contributed by atoms with E-state index in [-0.39, 0.29) is 37.6 Å². The van der Waals surface area contributed by atoms with Crippen LogP contribution in [0.1, 0.15) is 56.5 Å². The summed E-state index contributed by atoms with van der Waals surface area (Å²) in [6.07, 6.45) is -1.84. The highest BCUT2D eigenvalue weighted by Gasteiger charge is 2.45. The lowest BCUT2D eigenvalue weighted by Crippen LogP contribution is -2.48. The molecule has 47 heavy (non-hydrogen) atoms. The number of anilines is 1. The summed E-state index contributed by atoms with van der Waals surface area (Å²) in [5.41, 5.74) is 1.60. The Bertz CT molecular complexity index is 1380. The van der Waals surface area contributed by atoms with E-state index in [4.69, 9.17) is 10.1 Å². The zero-order valence-electron chi connectivity index (χ0n) is 27.5. The van der Waals surface area contributed by atoms with Gasteiger partial charge in [-0.15, -0.1) is 0 Å². The number of amides is 1. The Balaban J connectivity index is 0.000000555. The number of alkyl halides is 5. The topological polar surface area (TPSA) is 111 Å². The number of halogens is 5. The summed E-state index contributed by atoms with van der Waals surface area (Å²) in [4.78, 5) is 38.0. The molecule has 5 rings (SSSR count). The molecule has 1 amide bonds. The van der Waals surface area contributed by atoms with Crippen LogP contribution in [0.15, 0.2) is 18.5 Å². The second-order valence-corrected chi connectivity index (χ2v) is 12.8. The molecule has 2 saturated heterocycles. The lowest BCUT2D eigenvalue weighted by atomic mass is 9.81. The summed E-state index contributed by atoms with van der Waals surface area (Å²) in [5, 5.41) is 10.3. The number of hydrogen-bond acceptors (Lipinski definition) is 9. The molecule has 16 heteroatoms. The van der Waals surface area contributed by atoms with Crippen LogP contribution < -0.4 is 15.5 Å². The third kappa shape index (κ3) is 9.15. The number of hydrogen-bond donors (Lipinski definition) is 2. The highest BCUT2D eigenvalue weighted by Crippen LogP contribution is 2.41. The maximum Gasteiger partial charge on any atom is 0.393 e. The average molecular weight is 672 g/mol. The summed E-state index contributed by atoms with van der Waals surface area (Å²) < 4.78 is 69.4. The second kappa shape index (κ2) is 15.2. The first-order valence-electron chi connectivity index (χ1n) is 16.1. The molecule has 2 aromatic rings. The van der Waals surface area contributed by atoms with Crippen LogP contribution >= 0.6 is 0 Å². The predicted octanol–water partition coefficient (Wildman–Crippen LogP) is 3.47. The number of imidazole rings is 1. The van der Waals surface area contributed by atoms with Crippen LogP contribution in [-0.2, 0) is 16.0 Å². The van der Waals surface area contributed by atoms with Crippen molar-refractivity contribution in [2.24, 2.45) is 17.8 Å². The van der Waals surface area contributed by atoms with Crippen molar-refractivity contribution in [3.05, 3.63) is 29.9 Å². The summed E-state index contributed by atoms with van der Waals surface area (Å²) in [6, 6.07) is -0.267. The number of carbonyl (C=O) groups is 2. The van der Waals surface area contributed by atoms with E-state index in [2.05, 4.69) is 27.1 Å². The number of piperazine rings is 1. The number of piperidine rings is 1. The molecule has 2 aliphatic heterocycles. The van der Waals surface area contributed by atoms with Crippen molar-refractivity contribution >= 4 is 23.8 Å². The summed E-state index contributed by atoms with van der Waals surface area (Å²) >= 11 is 0. The molecule has 4 heterocycles. The summed E-state index contributed by atoms with van der Waals surface area (Å²) in [7, 11) is 5.61. The van der Waals surface area contributed by atoms with E-state index in [9.17, 15) is 31.5 Å². The monoisotopic (exact) mass is 671 g/mol. The average Bonchev–Trinajstić information content (AvgIpc) is 3.44. The number of carbonyl (C=O) groups excluding carboxylic acids is 2. The number of rotatable bonds is 9. The Labute approximate surface area is 271 Å².